The molecule has 1 aliphatic rings. The summed E-state index contributed by atoms with van der Waals surface area (Å²) in [5, 5.41) is 22.7. The SMILES string of the molecule is O=C(c1ccccc1[N+](=O)[O-])N1CCC(=NO)CC1. The van der Waals surface area contributed by atoms with Crippen LogP contribution in [-0.4, -0.2) is 39.7 Å². The lowest BCUT2D eigenvalue weighted by Crippen LogP contribution is -2.38. The van der Waals surface area contributed by atoms with Gasteiger partial charge in [0.1, 0.15) is 5.56 Å². The number of carbonyl (C=O) groups is 1. The highest BCUT2D eigenvalue weighted by Gasteiger charge is 2.26. The van der Waals surface area contributed by atoms with Crippen LogP contribution in [0.1, 0.15) is 23.2 Å². The minimum atomic E-state index is -0.558. The van der Waals surface area contributed by atoms with Crippen molar-refractivity contribution < 1.29 is 14.9 Å². The molecule has 19 heavy (non-hydrogen) atoms. The van der Waals surface area contributed by atoms with Crippen LogP contribution in [0.4, 0.5) is 5.69 Å². The lowest BCUT2D eigenvalue weighted by molar-refractivity contribution is -0.385. The van der Waals surface area contributed by atoms with Gasteiger partial charge in [0.05, 0.1) is 10.6 Å². The van der Waals surface area contributed by atoms with E-state index in [-0.39, 0.29) is 17.2 Å². The molecule has 7 heteroatoms. The predicted octanol–water partition coefficient (Wildman–Crippen LogP) is 1.66. The highest BCUT2D eigenvalue weighted by Crippen LogP contribution is 2.21. The Morgan fingerprint density at radius 2 is 1.95 bits per heavy atom. The van der Waals surface area contributed by atoms with E-state index in [2.05, 4.69) is 5.16 Å². The van der Waals surface area contributed by atoms with Gasteiger partial charge in [0.15, 0.2) is 0 Å². The van der Waals surface area contributed by atoms with E-state index in [9.17, 15) is 14.9 Å². The highest BCUT2D eigenvalue weighted by molar-refractivity contribution is 5.99. The van der Waals surface area contributed by atoms with E-state index in [1.807, 2.05) is 0 Å². The van der Waals surface area contributed by atoms with E-state index in [0.29, 0.717) is 31.6 Å². The Morgan fingerprint density at radius 3 is 2.53 bits per heavy atom. The first kappa shape index (κ1) is 13.0. The lowest BCUT2D eigenvalue weighted by atomic mass is 10.1. The van der Waals surface area contributed by atoms with E-state index in [0.717, 1.165) is 0 Å². The lowest BCUT2D eigenvalue weighted by Gasteiger charge is -2.27. The fourth-order valence-corrected chi connectivity index (χ4v) is 2.05. The highest BCUT2D eigenvalue weighted by atomic mass is 16.6. The summed E-state index contributed by atoms with van der Waals surface area (Å²) in [6, 6.07) is 5.90. The molecule has 1 aromatic rings. The summed E-state index contributed by atoms with van der Waals surface area (Å²) in [5.41, 5.74) is 0.553. The maximum atomic E-state index is 12.2. The van der Waals surface area contributed by atoms with Crippen LogP contribution in [-0.2, 0) is 0 Å². The number of para-hydroxylation sites is 1. The van der Waals surface area contributed by atoms with Crippen molar-refractivity contribution in [3.05, 3.63) is 39.9 Å². The molecule has 0 bridgehead atoms. The second kappa shape index (κ2) is 5.47. The van der Waals surface area contributed by atoms with E-state index in [1.54, 1.807) is 6.07 Å². The second-order valence-corrected chi connectivity index (χ2v) is 4.23. The molecule has 0 aromatic heterocycles. The minimum Gasteiger partial charge on any atom is -0.411 e. The molecular weight excluding hydrogens is 250 g/mol. The number of rotatable bonds is 2. The van der Waals surface area contributed by atoms with Gasteiger partial charge in [-0.05, 0) is 6.07 Å². The van der Waals surface area contributed by atoms with Crippen molar-refractivity contribution in [2.75, 3.05) is 13.1 Å². The van der Waals surface area contributed by atoms with Gasteiger partial charge in [0, 0.05) is 32.0 Å². The summed E-state index contributed by atoms with van der Waals surface area (Å²) < 4.78 is 0. The number of hydrogen-bond acceptors (Lipinski definition) is 5. The number of likely N-dealkylation sites (tertiary alicyclic amines) is 1. The van der Waals surface area contributed by atoms with Crippen LogP contribution in [0.15, 0.2) is 29.4 Å². The summed E-state index contributed by atoms with van der Waals surface area (Å²) >= 11 is 0. The molecule has 1 fully saturated rings. The van der Waals surface area contributed by atoms with E-state index in [4.69, 9.17) is 5.21 Å². The Bertz CT molecular complexity index is 532. The Hall–Kier alpha value is -2.44. The van der Waals surface area contributed by atoms with Crippen LogP contribution in [0.2, 0.25) is 0 Å². The number of nitrogens with zero attached hydrogens (tertiary/aromatic N) is 3. The minimum absolute atomic E-state index is 0.0943. The zero-order chi connectivity index (χ0) is 13.8. The maximum Gasteiger partial charge on any atom is 0.282 e. The summed E-state index contributed by atoms with van der Waals surface area (Å²) in [7, 11) is 0. The zero-order valence-electron chi connectivity index (χ0n) is 10.2. The van der Waals surface area contributed by atoms with Crippen molar-refractivity contribution in [3.63, 3.8) is 0 Å². The molecule has 2 rings (SSSR count). The average Bonchev–Trinajstić information content (AvgIpc) is 2.46. The second-order valence-electron chi connectivity index (χ2n) is 4.23. The maximum absolute atomic E-state index is 12.2. The van der Waals surface area contributed by atoms with Gasteiger partial charge in [0.25, 0.3) is 11.6 Å². The Labute approximate surface area is 109 Å². The van der Waals surface area contributed by atoms with E-state index < -0.39 is 4.92 Å². The number of benzene rings is 1. The quantitative estimate of drug-likeness (QED) is 0.498. The molecule has 0 saturated carbocycles. The van der Waals surface area contributed by atoms with Gasteiger partial charge in [-0.1, -0.05) is 17.3 Å². The number of piperidine rings is 1. The molecular formula is C12H13N3O4. The first-order valence-electron chi connectivity index (χ1n) is 5.86. The first-order chi connectivity index (χ1) is 9.13. The third kappa shape index (κ3) is 2.70. The average molecular weight is 263 g/mol. The van der Waals surface area contributed by atoms with Crippen LogP contribution in [0.25, 0.3) is 0 Å². The van der Waals surface area contributed by atoms with E-state index in [1.165, 1.54) is 23.1 Å². The fourth-order valence-electron chi connectivity index (χ4n) is 2.05. The molecule has 0 radical (unpaired) electrons. The summed E-state index contributed by atoms with van der Waals surface area (Å²) in [6.45, 7) is 0.814. The van der Waals surface area contributed by atoms with Crippen LogP contribution < -0.4 is 0 Å². The molecule has 0 spiro atoms. The fraction of sp³-hybridized carbons (Fsp3) is 0.333. The zero-order valence-corrected chi connectivity index (χ0v) is 10.2. The van der Waals surface area contributed by atoms with Crippen molar-refractivity contribution in [2.24, 2.45) is 5.16 Å². The van der Waals surface area contributed by atoms with Crippen LogP contribution in [0.3, 0.4) is 0 Å². The third-order valence-corrected chi connectivity index (χ3v) is 3.10. The van der Waals surface area contributed by atoms with Gasteiger partial charge < -0.3 is 10.1 Å². The third-order valence-electron chi connectivity index (χ3n) is 3.10. The first-order valence-corrected chi connectivity index (χ1v) is 5.86. The Balaban J connectivity index is 2.19. The van der Waals surface area contributed by atoms with Gasteiger partial charge in [-0.15, -0.1) is 0 Å². The number of nitro benzene ring substituents is 1. The molecule has 1 heterocycles. The monoisotopic (exact) mass is 263 g/mol. The molecule has 1 aromatic carbocycles. The van der Waals surface area contributed by atoms with Crippen LogP contribution >= 0.6 is 0 Å². The van der Waals surface area contributed by atoms with Crippen LogP contribution in [0, 0.1) is 10.1 Å². The summed E-state index contributed by atoms with van der Waals surface area (Å²) in [4.78, 5) is 24.1. The van der Waals surface area contributed by atoms with Crippen molar-refractivity contribution in [2.45, 2.75) is 12.8 Å². The number of nitro groups is 1. The van der Waals surface area contributed by atoms with Crippen molar-refractivity contribution >= 4 is 17.3 Å². The Morgan fingerprint density at radius 1 is 1.32 bits per heavy atom. The molecule has 1 amide bonds. The Kier molecular flexibility index (Phi) is 3.74. The van der Waals surface area contributed by atoms with Gasteiger partial charge in [0.2, 0.25) is 0 Å². The molecule has 100 valence electrons. The van der Waals surface area contributed by atoms with Gasteiger partial charge in [-0.25, -0.2) is 0 Å². The standard InChI is InChI=1S/C12H13N3O4/c16-12(14-7-5-9(13-17)6-8-14)10-3-1-2-4-11(10)15(18)19/h1-4,17H,5-8H2. The van der Waals surface area contributed by atoms with E-state index >= 15 is 0 Å². The largest absolute Gasteiger partial charge is 0.411 e. The predicted molar refractivity (Wildman–Crippen MR) is 67.5 cm³/mol. The van der Waals surface area contributed by atoms with Crippen molar-refractivity contribution in [3.8, 4) is 0 Å². The number of carbonyl (C=O) groups excluding carboxylic acids is 1. The van der Waals surface area contributed by atoms with Gasteiger partial charge >= 0.3 is 0 Å². The summed E-state index contributed by atoms with van der Waals surface area (Å²) in [6.07, 6.45) is 0.978. The smallest absolute Gasteiger partial charge is 0.282 e. The van der Waals surface area contributed by atoms with Gasteiger partial charge in [-0.2, -0.15) is 0 Å². The van der Waals surface area contributed by atoms with Crippen LogP contribution in [0.5, 0.6) is 0 Å². The molecule has 1 N–H and O–H groups in total. The molecule has 0 atom stereocenters. The molecule has 1 saturated heterocycles. The van der Waals surface area contributed by atoms with Crippen molar-refractivity contribution in [1.82, 2.24) is 4.90 Å². The molecule has 1 aliphatic heterocycles. The van der Waals surface area contributed by atoms with Crippen molar-refractivity contribution in [1.29, 1.82) is 0 Å². The summed E-state index contributed by atoms with van der Waals surface area (Å²) in [5.74, 6) is -0.357. The number of hydrogen-bond donors (Lipinski definition) is 1. The molecule has 7 nitrogen and oxygen atoms in total. The topological polar surface area (TPSA) is 96.0 Å². The normalized spacial score (nSPS) is 15.2. The number of amides is 1. The molecule has 0 unspecified atom stereocenters. The molecule has 0 aliphatic carbocycles. The number of oxime groups is 1. The van der Waals surface area contributed by atoms with Gasteiger partial charge in [-0.3, -0.25) is 14.9 Å².